The Kier molecular flexibility index (Phi) is 4.65. The Labute approximate surface area is 124 Å². The third-order valence-electron chi connectivity index (χ3n) is 2.78. The Morgan fingerprint density at radius 2 is 1.86 bits per heavy atom. The third kappa shape index (κ3) is 4.47. The predicted molar refractivity (Wildman–Crippen MR) is 71.5 cm³/mol. The molecule has 0 aliphatic heterocycles. The minimum atomic E-state index is -4.71. The second kappa shape index (κ2) is 6.46. The summed E-state index contributed by atoms with van der Waals surface area (Å²) < 4.78 is 44.6. The molecule has 0 aliphatic carbocycles. The van der Waals surface area contributed by atoms with Gasteiger partial charge in [-0.05, 0) is 29.8 Å². The second-order valence-corrected chi connectivity index (χ2v) is 4.40. The van der Waals surface area contributed by atoms with Crippen LogP contribution in [0.15, 0.2) is 42.6 Å². The molecule has 1 aromatic carbocycles. The smallest absolute Gasteiger partial charge is 0.465 e. The van der Waals surface area contributed by atoms with Crippen LogP contribution in [0.1, 0.15) is 21.6 Å². The van der Waals surface area contributed by atoms with Gasteiger partial charge in [-0.25, -0.2) is 4.79 Å². The van der Waals surface area contributed by atoms with Crippen LogP contribution in [-0.4, -0.2) is 24.4 Å². The topological polar surface area (TPSA) is 48.4 Å². The van der Waals surface area contributed by atoms with Crippen molar-refractivity contribution in [2.24, 2.45) is 0 Å². The number of methoxy groups -OCH3 is 1. The first-order chi connectivity index (χ1) is 10.4. The molecule has 2 rings (SSSR count). The highest BCUT2D eigenvalue weighted by atomic mass is 19.4. The van der Waals surface area contributed by atoms with E-state index < -0.39 is 12.3 Å². The molecule has 0 aliphatic rings. The molecule has 0 bridgehead atoms. The maximum Gasteiger partial charge on any atom is 0.573 e. The van der Waals surface area contributed by atoms with Crippen molar-refractivity contribution >= 4 is 5.97 Å². The second-order valence-electron chi connectivity index (χ2n) is 4.40. The molecule has 0 saturated carbocycles. The number of benzene rings is 1. The van der Waals surface area contributed by atoms with E-state index in [-0.39, 0.29) is 5.75 Å². The summed E-state index contributed by atoms with van der Waals surface area (Å²) in [6, 6.07) is 8.57. The number of aromatic nitrogens is 1. The minimum absolute atomic E-state index is 0.285. The largest absolute Gasteiger partial charge is 0.573 e. The Hall–Kier alpha value is -2.57. The maximum absolute atomic E-state index is 12.1. The van der Waals surface area contributed by atoms with Crippen molar-refractivity contribution in [1.29, 1.82) is 0 Å². The van der Waals surface area contributed by atoms with Gasteiger partial charge in [0, 0.05) is 18.3 Å². The average Bonchev–Trinajstić information content (AvgIpc) is 2.47. The highest BCUT2D eigenvalue weighted by molar-refractivity contribution is 5.89. The molecule has 4 nitrogen and oxygen atoms in total. The molecule has 0 fully saturated rings. The lowest BCUT2D eigenvalue weighted by Crippen LogP contribution is -2.17. The van der Waals surface area contributed by atoms with Crippen LogP contribution in [0.4, 0.5) is 13.2 Å². The molecular formula is C15H12F3NO3. The maximum atomic E-state index is 12.1. The Bertz CT molecular complexity index is 654. The lowest BCUT2D eigenvalue weighted by atomic mass is 10.1. The molecule has 1 heterocycles. The van der Waals surface area contributed by atoms with Gasteiger partial charge in [0.25, 0.3) is 0 Å². The van der Waals surface area contributed by atoms with Gasteiger partial charge in [-0.3, -0.25) is 4.98 Å². The van der Waals surface area contributed by atoms with Crippen molar-refractivity contribution in [1.82, 2.24) is 4.98 Å². The highest BCUT2D eigenvalue weighted by Gasteiger charge is 2.30. The summed E-state index contributed by atoms with van der Waals surface area (Å²) >= 11 is 0. The van der Waals surface area contributed by atoms with Gasteiger partial charge < -0.3 is 9.47 Å². The van der Waals surface area contributed by atoms with E-state index >= 15 is 0 Å². The van der Waals surface area contributed by atoms with E-state index in [9.17, 15) is 18.0 Å². The predicted octanol–water partition coefficient (Wildman–Crippen LogP) is 3.36. The number of hydrogen-bond donors (Lipinski definition) is 0. The van der Waals surface area contributed by atoms with Gasteiger partial charge in [0.1, 0.15) is 5.75 Å². The number of carbonyl (C=O) groups is 1. The third-order valence-corrected chi connectivity index (χ3v) is 2.78. The Morgan fingerprint density at radius 3 is 2.45 bits per heavy atom. The number of alkyl halides is 3. The molecule has 0 N–H and O–H groups in total. The molecule has 0 radical (unpaired) electrons. The van der Waals surface area contributed by atoms with Crippen LogP contribution < -0.4 is 4.74 Å². The fraction of sp³-hybridized carbons (Fsp3) is 0.200. The van der Waals surface area contributed by atoms with E-state index in [0.29, 0.717) is 17.7 Å². The van der Waals surface area contributed by atoms with Gasteiger partial charge in [-0.2, -0.15) is 0 Å². The zero-order chi connectivity index (χ0) is 16.2. The standard InChI is InChI=1S/C15H12F3NO3/c1-21-14(20)11-6-7-19-12(9-11)8-10-2-4-13(5-3-10)22-15(16,17)18/h2-7,9H,8H2,1H3. The quantitative estimate of drug-likeness (QED) is 0.812. The van der Waals surface area contributed by atoms with Crippen LogP contribution in [-0.2, 0) is 11.2 Å². The summed E-state index contributed by atoms with van der Waals surface area (Å²) in [7, 11) is 1.28. The van der Waals surface area contributed by atoms with E-state index in [0.717, 1.165) is 5.56 Å². The molecule has 0 spiro atoms. The average molecular weight is 311 g/mol. The Morgan fingerprint density at radius 1 is 1.18 bits per heavy atom. The van der Waals surface area contributed by atoms with Crippen molar-refractivity contribution in [3.8, 4) is 5.75 Å². The zero-order valence-corrected chi connectivity index (χ0v) is 11.6. The molecule has 0 unspecified atom stereocenters. The number of carbonyl (C=O) groups excluding carboxylic acids is 1. The summed E-state index contributed by atoms with van der Waals surface area (Å²) in [4.78, 5) is 15.5. The summed E-state index contributed by atoms with van der Waals surface area (Å²) in [5.74, 6) is -0.759. The molecule has 116 valence electrons. The normalized spacial score (nSPS) is 11.1. The first-order valence-corrected chi connectivity index (χ1v) is 6.25. The van der Waals surface area contributed by atoms with Crippen LogP contribution in [0.25, 0.3) is 0 Å². The van der Waals surface area contributed by atoms with Crippen LogP contribution in [0, 0.1) is 0 Å². The summed E-state index contributed by atoms with van der Waals surface area (Å²) in [6.45, 7) is 0. The number of pyridine rings is 1. The fourth-order valence-electron chi connectivity index (χ4n) is 1.84. The van der Waals surface area contributed by atoms with E-state index in [4.69, 9.17) is 0 Å². The van der Waals surface area contributed by atoms with Gasteiger partial charge in [0.2, 0.25) is 0 Å². The van der Waals surface area contributed by atoms with Crippen LogP contribution in [0.2, 0.25) is 0 Å². The molecule has 2 aromatic rings. The highest BCUT2D eigenvalue weighted by Crippen LogP contribution is 2.23. The molecule has 22 heavy (non-hydrogen) atoms. The number of rotatable bonds is 4. The molecule has 0 amide bonds. The number of esters is 1. The van der Waals surface area contributed by atoms with E-state index in [2.05, 4.69) is 14.5 Å². The summed E-state index contributed by atoms with van der Waals surface area (Å²) in [6.07, 6.45) is -2.86. The van der Waals surface area contributed by atoms with Gasteiger partial charge >= 0.3 is 12.3 Å². The monoisotopic (exact) mass is 311 g/mol. The van der Waals surface area contributed by atoms with Gasteiger partial charge in [-0.1, -0.05) is 12.1 Å². The molecule has 0 atom stereocenters. The number of ether oxygens (including phenoxy) is 2. The Balaban J connectivity index is 2.09. The molecule has 0 saturated heterocycles. The lowest BCUT2D eigenvalue weighted by Gasteiger charge is -2.09. The SMILES string of the molecule is COC(=O)c1ccnc(Cc2ccc(OC(F)(F)F)cc2)c1. The number of hydrogen-bond acceptors (Lipinski definition) is 4. The van der Waals surface area contributed by atoms with E-state index in [1.807, 2.05) is 0 Å². The molecule has 7 heteroatoms. The van der Waals surface area contributed by atoms with E-state index in [1.54, 1.807) is 6.07 Å². The van der Waals surface area contributed by atoms with E-state index in [1.165, 1.54) is 43.6 Å². The van der Waals surface area contributed by atoms with Crippen molar-refractivity contribution in [2.75, 3.05) is 7.11 Å². The van der Waals surface area contributed by atoms with Crippen LogP contribution >= 0.6 is 0 Å². The van der Waals surface area contributed by atoms with Crippen molar-refractivity contribution < 1.29 is 27.4 Å². The zero-order valence-electron chi connectivity index (χ0n) is 11.6. The van der Waals surface area contributed by atoms with Gasteiger partial charge in [-0.15, -0.1) is 13.2 Å². The molecule has 1 aromatic heterocycles. The number of halogens is 3. The summed E-state index contributed by atoms with van der Waals surface area (Å²) in [5.41, 5.74) is 1.71. The summed E-state index contributed by atoms with van der Waals surface area (Å²) in [5, 5.41) is 0. The molecular weight excluding hydrogens is 299 g/mol. The lowest BCUT2D eigenvalue weighted by molar-refractivity contribution is -0.274. The van der Waals surface area contributed by atoms with Crippen molar-refractivity contribution in [2.45, 2.75) is 12.8 Å². The number of nitrogens with zero attached hydrogens (tertiary/aromatic N) is 1. The van der Waals surface area contributed by atoms with Crippen molar-refractivity contribution in [3.63, 3.8) is 0 Å². The first-order valence-electron chi connectivity index (χ1n) is 6.25. The van der Waals surface area contributed by atoms with Gasteiger partial charge in [0.15, 0.2) is 0 Å². The van der Waals surface area contributed by atoms with Gasteiger partial charge in [0.05, 0.1) is 12.7 Å². The fourth-order valence-corrected chi connectivity index (χ4v) is 1.84. The van der Waals surface area contributed by atoms with Crippen molar-refractivity contribution in [3.05, 3.63) is 59.4 Å². The first kappa shape index (κ1) is 15.8. The minimum Gasteiger partial charge on any atom is -0.465 e. The van der Waals surface area contributed by atoms with Crippen LogP contribution in [0.5, 0.6) is 5.75 Å². The van der Waals surface area contributed by atoms with Crippen LogP contribution in [0.3, 0.4) is 0 Å².